The topological polar surface area (TPSA) is 59.2 Å². The second-order valence-corrected chi connectivity index (χ2v) is 5.61. The third kappa shape index (κ3) is 4.49. The Morgan fingerprint density at radius 3 is 2.71 bits per heavy atom. The third-order valence-corrected chi connectivity index (χ3v) is 4.19. The molecular formula is C16H19N3OS. The fourth-order valence-corrected chi connectivity index (χ4v) is 2.77. The van der Waals surface area contributed by atoms with Gasteiger partial charge in [-0.05, 0) is 18.6 Å². The first-order valence-electron chi connectivity index (χ1n) is 6.84. The number of pyridine rings is 1. The summed E-state index contributed by atoms with van der Waals surface area (Å²) >= 11 is 1.45. The maximum absolute atomic E-state index is 12.3. The van der Waals surface area contributed by atoms with Crippen LogP contribution in [0.3, 0.4) is 0 Å². The molecule has 0 saturated heterocycles. The van der Waals surface area contributed by atoms with E-state index in [1.807, 2.05) is 48.2 Å². The molecule has 0 bridgehead atoms. The van der Waals surface area contributed by atoms with Crippen LogP contribution in [0, 0.1) is 0 Å². The molecule has 21 heavy (non-hydrogen) atoms. The second-order valence-electron chi connectivity index (χ2n) is 4.60. The molecule has 0 aliphatic rings. The Morgan fingerprint density at radius 1 is 1.29 bits per heavy atom. The number of nitrogen functional groups attached to an aromatic ring is 1. The molecule has 1 aromatic carbocycles. The molecule has 0 aliphatic heterocycles. The maximum atomic E-state index is 12.3. The van der Waals surface area contributed by atoms with Crippen molar-refractivity contribution < 1.29 is 4.79 Å². The first-order chi connectivity index (χ1) is 10.2. The summed E-state index contributed by atoms with van der Waals surface area (Å²) in [5.41, 5.74) is 7.58. The van der Waals surface area contributed by atoms with Gasteiger partial charge >= 0.3 is 0 Å². The van der Waals surface area contributed by atoms with Crippen LogP contribution in [-0.4, -0.2) is 28.1 Å². The van der Waals surface area contributed by atoms with Gasteiger partial charge in [-0.15, -0.1) is 11.8 Å². The average Bonchev–Trinajstić information content (AvgIpc) is 2.52. The zero-order valence-corrected chi connectivity index (χ0v) is 12.8. The molecule has 1 heterocycles. The summed E-state index contributed by atoms with van der Waals surface area (Å²) in [6, 6.07) is 11.8. The van der Waals surface area contributed by atoms with Gasteiger partial charge in [-0.1, -0.05) is 30.3 Å². The molecule has 2 aromatic rings. The smallest absolute Gasteiger partial charge is 0.233 e. The van der Waals surface area contributed by atoms with Gasteiger partial charge in [-0.2, -0.15) is 0 Å². The van der Waals surface area contributed by atoms with Crippen LogP contribution < -0.4 is 5.73 Å². The van der Waals surface area contributed by atoms with Gasteiger partial charge in [0.15, 0.2) is 0 Å². The molecule has 0 aliphatic carbocycles. The number of nitrogens with two attached hydrogens (primary N) is 1. The Kier molecular flexibility index (Phi) is 5.63. The molecule has 0 unspecified atom stereocenters. The number of carbonyl (C=O) groups excluding carboxylic acids is 1. The van der Waals surface area contributed by atoms with Gasteiger partial charge in [0, 0.05) is 24.2 Å². The summed E-state index contributed by atoms with van der Waals surface area (Å²) < 4.78 is 0. The van der Waals surface area contributed by atoms with Crippen LogP contribution >= 0.6 is 11.8 Å². The summed E-state index contributed by atoms with van der Waals surface area (Å²) in [4.78, 5) is 19.0. The summed E-state index contributed by atoms with van der Waals surface area (Å²) in [6.45, 7) is 3.33. The lowest BCUT2D eigenvalue weighted by molar-refractivity contribution is -0.128. The van der Waals surface area contributed by atoms with Crippen LogP contribution in [0.2, 0.25) is 0 Å². The molecular weight excluding hydrogens is 282 g/mol. The van der Waals surface area contributed by atoms with Crippen molar-refractivity contribution in [1.82, 2.24) is 9.88 Å². The molecule has 1 aromatic heterocycles. The Hall–Kier alpha value is -2.01. The Bertz CT molecular complexity index is 589. The molecule has 2 N–H and O–H groups in total. The largest absolute Gasteiger partial charge is 0.397 e. The van der Waals surface area contributed by atoms with Crippen molar-refractivity contribution in [2.45, 2.75) is 18.4 Å². The van der Waals surface area contributed by atoms with E-state index in [0.717, 1.165) is 10.5 Å². The van der Waals surface area contributed by atoms with Crippen LogP contribution in [0.25, 0.3) is 0 Å². The van der Waals surface area contributed by atoms with E-state index in [1.54, 1.807) is 12.4 Å². The molecule has 1 amide bonds. The van der Waals surface area contributed by atoms with Crippen molar-refractivity contribution in [1.29, 1.82) is 0 Å². The number of nitrogens with zero attached hydrogens (tertiary/aromatic N) is 2. The number of rotatable bonds is 6. The van der Waals surface area contributed by atoms with Gasteiger partial charge < -0.3 is 10.6 Å². The number of anilines is 1. The fraction of sp³-hybridized carbons (Fsp3) is 0.250. The molecule has 0 fully saturated rings. The van der Waals surface area contributed by atoms with Gasteiger partial charge in [-0.25, -0.2) is 0 Å². The maximum Gasteiger partial charge on any atom is 0.233 e. The number of carbonyl (C=O) groups is 1. The summed E-state index contributed by atoms with van der Waals surface area (Å²) in [5, 5.41) is 0. The second kappa shape index (κ2) is 7.69. The van der Waals surface area contributed by atoms with Crippen molar-refractivity contribution in [3.8, 4) is 0 Å². The standard InChI is InChI=1S/C16H19N3OS/c1-2-19(11-13-6-4-3-5-7-13)16(20)12-21-15-8-9-18-10-14(15)17/h3-10H,2,11-12,17H2,1H3. The minimum atomic E-state index is 0.113. The van der Waals surface area contributed by atoms with Gasteiger partial charge in [0.05, 0.1) is 17.6 Å². The average molecular weight is 301 g/mol. The molecule has 0 saturated carbocycles. The van der Waals surface area contributed by atoms with Crippen LogP contribution in [0.1, 0.15) is 12.5 Å². The Morgan fingerprint density at radius 2 is 2.05 bits per heavy atom. The van der Waals surface area contributed by atoms with Crippen molar-refractivity contribution in [2.75, 3.05) is 18.0 Å². The van der Waals surface area contributed by atoms with Gasteiger partial charge in [-0.3, -0.25) is 9.78 Å². The Balaban J connectivity index is 1.93. The van der Waals surface area contributed by atoms with Gasteiger partial charge in [0.2, 0.25) is 5.91 Å². The predicted octanol–water partition coefficient (Wildman–Crippen LogP) is 2.80. The summed E-state index contributed by atoms with van der Waals surface area (Å²) in [7, 11) is 0. The highest BCUT2D eigenvalue weighted by molar-refractivity contribution is 8.00. The summed E-state index contributed by atoms with van der Waals surface area (Å²) in [6.07, 6.45) is 3.29. The lowest BCUT2D eigenvalue weighted by Crippen LogP contribution is -2.31. The molecule has 0 atom stereocenters. The normalized spacial score (nSPS) is 10.3. The van der Waals surface area contributed by atoms with Crippen LogP contribution in [-0.2, 0) is 11.3 Å². The van der Waals surface area contributed by atoms with E-state index in [9.17, 15) is 4.79 Å². The highest BCUT2D eigenvalue weighted by Gasteiger charge is 2.13. The molecule has 5 heteroatoms. The van der Waals surface area contributed by atoms with Crippen LogP contribution in [0.4, 0.5) is 5.69 Å². The molecule has 110 valence electrons. The molecule has 0 spiro atoms. The van der Waals surface area contributed by atoms with Crippen LogP contribution in [0.5, 0.6) is 0 Å². The number of thioether (sulfide) groups is 1. The van der Waals surface area contributed by atoms with Crippen molar-refractivity contribution >= 4 is 23.4 Å². The number of aromatic nitrogens is 1. The SMILES string of the molecule is CCN(Cc1ccccc1)C(=O)CSc1ccncc1N. The Labute approximate surface area is 129 Å². The third-order valence-electron chi connectivity index (χ3n) is 3.11. The molecule has 2 rings (SSSR count). The predicted molar refractivity (Wildman–Crippen MR) is 86.9 cm³/mol. The monoisotopic (exact) mass is 301 g/mol. The van der Waals surface area contributed by atoms with Crippen LogP contribution in [0.15, 0.2) is 53.7 Å². The molecule has 4 nitrogen and oxygen atoms in total. The highest BCUT2D eigenvalue weighted by atomic mass is 32.2. The van der Waals surface area contributed by atoms with E-state index in [2.05, 4.69) is 4.98 Å². The molecule has 0 radical (unpaired) electrons. The summed E-state index contributed by atoms with van der Waals surface area (Å²) in [5.74, 6) is 0.497. The number of amides is 1. The number of hydrogen-bond acceptors (Lipinski definition) is 4. The van der Waals surface area contributed by atoms with Crippen molar-refractivity contribution in [3.63, 3.8) is 0 Å². The number of benzene rings is 1. The number of hydrogen-bond donors (Lipinski definition) is 1. The van der Waals surface area contributed by atoms with Gasteiger partial charge in [0.25, 0.3) is 0 Å². The zero-order valence-electron chi connectivity index (χ0n) is 12.0. The lowest BCUT2D eigenvalue weighted by Gasteiger charge is -2.21. The van der Waals surface area contributed by atoms with Crippen molar-refractivity contribution in [2.24, 2.45) is 0 Å². The van der Waals surface area contributed by atoms with E-state index in [4.69, 9.17) is 5.73 Å². The lowest BCUT2D eigenvalue weighted by atomic mass is 10.2. The fourth-order valence-electron chi connectivity index (χ4n) is 1.94. The van der Waals surface area contributed by atoms with E-state index < -0.39 is 0 Å². The first-order valence-corrected chi connectivity index (χ1v) is 7.83. The van der Waals surface area contributed by atoms with E-state index in [1.165, 1.54) is 11.8 Å². The van der Waals surface area contributed by atoms with Crippen molar-refractivity contribution in [3.05, 3.63) is 54.4 Å². The minimum absolute atomic E-state index is 0.113. The van der Waals surface area contributed by atoms with E-state index >= 15 is 0 Å². The van der Waals surface area contributed by atoms with E-state index in [0.29, 0.717) is 24.5 Å². The highest BCUT2D eigenvalue weighted by Crippen LogP contribution is 2.23. The zero-order chi connectivity index (χ0) is 15.1. The van der Waals surface area contributed by atoms with Gasteiger partial charge in [0.1, 0.15) is 0 Å². The van der Waals surface area contributed by atoms with E-state index in [-0.39, 0.29) is 5.91 Å². The minimum Gasteiger partial charge on any atom is -0.397 e. The first kappa shape index (κ1) is 15.4. The quantitative estimate of drug-likeness (QED) is 0.834.